The predicted molar refractivity (Wildman–Crippen MR) is 36.7 cm³/mol. The van der Waals surface area contributed by atoms with Crippen LogP contribution in [0.3, 0.4) is 0 Å². The van der Waals surface area contributed by atoms with Crippen molar-refractivity contribution in [3.63, 3.8) is 0 Å². The third kappa shape index (κ3) is 0.788. The molecule has 2 fully saturated rings. The van der Waals surface area contributed by atoms with Gasteiger partial charge < -0.3 is 4.74 Å². The van der Waals surface area contributed by atoms with E-state index in [1.54, 1.807) is 6.92 Å². The third-order valence-electron chi connectivity index (χ3n) is 2.63. The number of hydrogen-bond donors (Lipinski definition) is 0. The number of carbonyl (C=O) groups is 1. The normalized spacial score (nSPS) is 44.3. The van der Waals surface area contributed by atoms with Gasteiger partial charge in [-0.3, -0.25) is 4.79 Å². The first-order chi connectivity index (χ1) is 4.77. The lowest BCUT2D eigenvalue weighted by Crippen LogP contribution is -2.22. The van der Waals surface area contributed by atoms with Crippen molar-refractivity contribution < 1.29 is 9.53 Å². The molecule has 2 saturated heterocycles. The molecular formula is C8H12O2. The Labute approximate surface area is 60.6 Å². The molecular weight excluding hydrogens is 128 g/mol. The Bertz CT molecular complexity index is 165. The summed E-state index contributed by atoms with van der Waals surface area (Å²) in [4.78, 5) is 11.0. The van der Waals surface area contributed by atoms with E-state index in [0.717, 1.165) is 12.8 Å². The number of hydrogen-bond acceptors (Lipinski definition) is 2. The minimum Gasteiger partial charge on any atom is -0.374 e. The summed E-state index contributed by atoms with van der Waals surface area (Å²) in [5.41, 5.74) is 0. The van der Waals surface area contributed by atoms with Crippen LogP contribution in [-0.4, -0.2) is 18.0 Å². The molecule has 0 saturated carbocycles. The number of ketones is 1. The zero-order chi connectivity index (χ0) is 7.14. The van der Waals surface area contributed by atoms with Gasteiger partial charge in [-0.05, 0) is 26.2 Å². The lowest BCUT2D eigenvalue weighted by atomic mass is 9.87. The molecule has 0 radical (unpaired) electrons. The molecule has 0 aromatic heterocycles. The Morgan fingerprint density at radius 3 is 2.60 bits per heavy atom. The number of rotatable bonds is 1. The summed E-state index contributed by atoms with van der Waals surface area (Å²) in [5, 5.41) is 0. The van der Waals surface area contributed by atoms with Crippen LogP contribution in [0.5, 0.6) is 0 Å². The van der Waals surface area contributed by atoms with Crippen molar-refractivity contribution in [1.82, 2.24) is 0 Å². The molecule has 2 heterocycles. The van der Waals surface area contributed by atoms with Gasteiger partial charge in [0.1, 0.15) is 5.78 Å². The van der Waals surface area contributed by atoms with E-state index in [-0.39, 0.29) is 12.0 Å². The van der Waals surface area contributed by atoms with Gasteiger partial charge in [-0.2, -0.15) is 0 Å². The second-order valence-corrected chi connectivity index (χ2v) is 3.33. The maximum absolute atomic E-state index is 11.0. The van der Waals surface area contributed by atoms with Crippen molar-refractivity contribution in [2.24, 2.45) is 5.92 Å². The largest absolute Gasteiger partial charge is 0.374 e. The Morgan fingerprint density at radius 1 is 1.50 bits per heavy atom. The molecule has 0 amide bonds. The van der Waals surface area contributed by atoms with Gasteiger partial charge in [0.2, 0.25) is 0 Å². The highest BCUT2D eigenvalue weighted by Crippen LogP contribution is 2.38. The molecule has 3 atom stereocenters. The monoisotopic (exact) mass is 140 g/mol. The van der Waals surface area contributed by atoms with E-state index in [4.69, 9.17) is 4.74 Å². The quantitative estimate of drug-likeness (QED) is 0.546. The number of carbonyl (C=O) groups excluding carboxylic acids is 1. The van der Waals surface area contributed by atoms with Gasteiger partial charge in [-0.1, -0.05) is 0 Å². The predicted octanol–water partition coefficient (Wildman–Crippen LogP) is 1.14. The molecule has 2 heteroatoms. The number of Topliss-reactive ketones (excluding diaryl/α,β-unsaturated/α-hetero) is 1. The highest BCUT2D eigenvalue weighted by molar-refractivity contribution is 5.79. The molecule has 0 unspecified atom stereocenters. The molecule has 2 rings (SSSR count). The van der Waals surface area contributed by atoms with Crippen LogP contribution in [0.25, 0.3) is 0 Å². The Hall–Kier alpha value is -0.370. The summed E-state index contributed by atoms with van der Waals surface area (Å²) < 4.78 is 5.53. The van der Waals surface area contributed by atoms with Crippen LogP contribution in [0.4, 0.5) is 0 Å². The van der Waals surface area contributed by atoms with E-state index in [9.17, 15) is 4.79 Å². The van der Waals surface area contributed by atoms with E-state index in [0.29, 0.717) is 11.9 Å². The molecule has 0 aromatic rings. The topological polar surface area (TPSA) is 26.3 Å². The van der Waals surface area contributed by atoms with Gasteiger partial charge in [0.15, 0.2) is 0 Å². The molecule has 0 aromatic carbocycles. The molecule has 2 aliphatic rings. The fourth-order valence-electron chi connectivity index (χ4n) is 2.07. The molecule has 10 heavy (non-hydrogen) atoms. The van der Waals surface area contributed by atoms with Crippen molar-refractivity contribution in [3.05, 3.63) is 0 Å². The van der Waals surface area contributed by atoms with E-state index in [1.165, 1.54) is 6.42 Å². The first kappa shape index (κ1) is 6.35. The fourth-order valence-corrected chi connectivity index (χ4v) is 2.07. The van der Waals surface area contributed by atoms with Crippen molar-refractivity contribution in [2.45, 2.75) is 38.4 Å². The zero-order valence-electron chi connectivity index (χ0n) is 6.17. The van der Waals surface area contributed by atoms with Crippen molar-refractivity contribution in [3.8, 4) is 0 Å². The Morgan fingerprint density at radius 2 is 2.30 bits per heavy atom. The summed E-state index contributed by atoms with van der Waals surface area (Å²) in [6.45, 7) is 1.68. The summed E-state index contributed by atoms with van der Waals surface area (Å²) in [5.74, 6) is 0.547. The second-order valence-electron chi connectivity index (χ2n) is 3.33. The SMILES string of the molecule is CC(=O)[C@@H]1C[C@@H]2CC[C@H]1O2. The zero-order valence-corrected chi connectivity index (χ0v) is 6.17. The Balaban J connectivity index is 2.08. The molecule has 0 aliphatic carbocycles. The van der Waals surface area contributed by atoms with Crippen LogP contribution in [0, 0.1) is 5.92 Å². The lowest BCUT2D eigenvalue weighted by molar-refractivity contribution is -0.122. The van der Waals surface area contributed by atoms with Crippen LogP contribution in [0.1, 0.15) is 26.2 Å². The Kier molecular flexibility index (Phi) is 1.31. The fraction of sp³-hybridized carbons (Fsp3) is 0.875. The summed E-state index contributed by atoms with van der Waals surface area (Å²) in [6.07, 6.45) is 3.96. The highest BCUT2D eigenvalue weighted by atomic mass is 16.5. The summed E-state index contributed by atoms with van der Waals surface area (Å²) in [7, 11) is 0. The van der Waals surface area contributed by atoms with E-state index < -0.39 is 0 Å². The van der Waals surface area contributed by atoms with Crippen LogP contribution in [0.2, 0.25) is 0 Å². The standard InChI is InChI=1S/C8H12O2/c1-5(9)7-4-6-2-3-8(7)10-6/h6-8H,2-4H2,1H3/t6-,7-,8+/m0/s1. The number of fused-ring (bicyclic) bond motifs is 2. The molecule has 0 N–H and O–H groups in total. The lowest BCUT2D eigenvalue weighted by Gasteiger charge is -2.14. The van der Waals surface area contributed by atoms with Crippen molar-refractivity contribution in [1.29, 1.82) is 0 Å². The molecule has 0 spiro atoms. The van der Waals surface area contributed by atoms with Crippen molar-refractivity contribution >= 4 is 5.78 Å². The van der Waals surface area contributed by atoms with Gasteiger partial charge in [0, 0.05) is 5.92 Å². The molecule has 2 nitrogen and oxygen atoms in total. The smallest absolute Gasteiger partial charge is 0.135 e. The summed E-state index contributed by atoms with van der Waals surface area (Å²) in [6, 6.07) is 0. The maximum Gasteiger partial charge on any atom is 0.135 e. The molecule has 2 bridgehead atoms. The van der Waals surface area contributed by atoms with Gasteiger partial charge in [0.25, 0.3) is 0 Å². The average molecular weight is 140 g/mol. The minimum absolute atomic E-state index is 0.235. The van der Waals surface area contributed by atoms with Crippen LogP contribution in [0.15, 0.2) is 0 Å². The van der Waals surface area contributed by atoms with E-state index in [2.05, 4.69) is 0 Å². The van der Waals surface area contributed by atoms with Gasteiger partial charge >= 0.3 is 0 Å². The van der Waals surface area contributed by atoms with Gasteiger partial charge in [-0.15, -0.1) is 0 Å². The van der Waals surface area contributed by atoms with E-state index in [1.807, 2.05) is 0 Å². The number of ether oxygens (including phenoxy) is 1. The first-order valence-electron chi connectivity index (χ1n) is 3.93. The highest BCUT2D eigenvalue weighted by Gasteiger charge is 2.42. The van der Waals surface area contributed by atoms with Crippen molar-refractivity contribution in [2.75, 3.05) is 0 Å². The van der Waals surface area contributed by atoms with Crippen LogP contribution in [-0.2, 0) is 9.53 Å². The van der Waals surface area contributed by atoms with Gasteiger partial charge in [-0.25, -0.2) is 0 Å². The summed E-state index contributed by atoms with van der Waals surface area (Å²) >= 11 is 0. The average Bonchev–Trinajstić information content (AvgIpc) is 2.44. The third-order valence-corrected chi connectivity index (χ3v) is 2.63. The molecule has 56 valence electrons. The van der Waals surface area contributed by atoms with Crippen LogP contribution < -0.4 is 0 Å². The van der Waals surface area contributed by atoms with Gasteiger partial charge in [0.05, 0.1) is 12.2 Å². The van der Waals surface area contributed by atoms with E-state index >= 15 is 0 Å². The minimum atomic E-state index is 0.235. The van der Waals surface area contributed by atoms with Crippen LogP contribution >= 0.6 is 0 Å². The molecule has 2 aliphatic heterocycles. The first-order valence-corrected chi connectivity index (χ1v) is 3.93. The second kappa shape index (κ2) is 2.06. The maximum atomic E-state index is 11.0.